The van der Waals surface area contributed by atoms with E-state index >= 15 is 0 Å². The molecule has 13 heavy (non-hydrogen) atoms. The number of phenols is 1. The summed E-state index contributed by atoms with van der Waals surface area (Å²) in [6.07, 6.45) is 0.114. The van der Waals surface area contributed by atoms with E-state index in [0.29, 0.717) is 5.56 Å². The minimum absolute atomic E-state index is 0.114. The smallest absolute Gasteiger partial charge is 0.166 e. The van der Waals surface area contributed by atoms with Crippen molar-refractivity contribution < 1.29 is 9.50 Å². The van der Waals surface area contributed by atoms with E-state index < -0.39 is 11.6 Å². The summed E-state index contributed by atoms with van der Waals surface area (Å²) >= 11 is 0. The predicted octanol–water partition coefficient (Wildman–Crippen LogP) is 1.80. The maximum Gasteiger partial charge on any atom is 0.166 e. The maximum atomic E-state index is 12.7. The van der Waals surface area contributed by atoms with Gasteiger partial charge in [0.25, 0.3) is 0 Å². The molecule has 0 heterocycles. The summed E-state index contributed by atoms with van der Waals surface area (Å²) in [7, 11) is 0. The number of hydrogen-bond acceptors (Lipinski definition) is 2. The van der Waals surface area contributed by atoms with Gasteiger partial charge in [-0.05, 0) is 18.2 Å². The van der Waals surface area contributed by atoms with Gasteiger partial charge in [-0.15, -0.1) is 0 Å². The molecule has 0 saturated carbocycles. The summed E-state index contributed by atoms with van der Waals surface area (Å²) in [5, 5.41) is 17.0. The molecule has 1 N–H and O–H groups in total. The van der Waals surface area contributed by atoms with E-state index in [0.717, 1.165) is 6.07 Å². The monoisotopic (exact) mass is 175 g/mol. The first-order chi connectivity index (χ1) is 6.24. The second-order valence-electron chi connectivity index (χ2n) is 2.30. The Kier molecular flexibility index (Phi) is 2.89. The van der Waals surface area contributed by atoms with Crippen LogP contribution in [0.3, 0.4) is 0 Å². The molecule has 0 aliphatic rings. The number of aromatic hydroxyl groups is 1. The number of phenolic OH excluding ortho intramolecular Hbond substituents is 1. The highest BCUT2D eigenvalue weighted by atomic mass is 19.1. The van der Waals surface area contributed by atoms with Gasteiger partial charge < -0.3 is 5.11 Å². The SMILES string of the molecule is N#CCC#Cc1ccc(O)c(F)c1. The molecule has 0 fully saturated rings. The quantitative estimate of drug-likeness (QED) is 0.611. The number of nitriles is 1. The fourth-order valence-electron chi connectivity index (χ4n) is 0.770. The molecule has 0 aromatic heterocycles. The van der Waals surface area contributed by atoms with Gasteiger partial charge >= 0.3 is 0 Å². The van der Waals surface area contributed by atoms with Crippen LogP contribution in [0.15, 0.2) is 18.2 Å². The molecule has 0 unspecified atom stereocenters. The van der Waals surface area contributed by atoms with E-state index in [9.17, 15) is 4.39 Å². The third-order valence-electron chi connectivity index (χ3n) is 1.35. The molecule has 1 aromatic rings. The summed E-state index contributed by atoms with van der Waals surface area (Å²) in [5.41, 5.74) is 0.450. The van der Waals surface area contributed by atoms with Crippen molar-refractivity contribution in [1.82, 2.24) is 0 Å². The van der Waals surface area contributed by atoms with Crippen molar-refractivity contribution in [2.45, 2.75) is 6.42 Å². The molecule has 3 heteroatoms. The van der Waals surface area contributed by atoms with Gasteiger partial charge in [0.15, 0.2) is 11.6 Å². The van der Waals surface area contributed by atoms with Crippen molar-refractivity contribution in [3.05, 3.63) is 29.6 Å². The highest BCUT2D eigenvalue weighted by molar-refractivity contribution is 5.39. The van der Waals surface area contributed by atoms with Crippen LogP contribution in [0.1, 0.15) is 12.0 Å². The Bertz CT molecular complexity index is 409. The Hall–Kier alpha value is -2.00. The van der Waals surface area contributed by atoms with E-state index in [1.165, 1.54) is 12.1 Å². The first kappa shape index (κ1) is 9.09. The van der Waals surface area contributed by atoms with Crippen LogP contribution in [-0.2, 0) is 0 Å². The summed E-state index contributed by atoms with van der Waals surface area (Å²) in [6, 6.07) is 5.69. The zero-order chi connectivity index (χ0) is 9.68. The Morgan fingerprint density at radius 1 is 1.46 bits per heavy atom. The van der Waals surface area contributed by atoms with E-state index in [-0.39, 0.29) is 6.42 Å². The molecule has 1 aromatic carbocycles. The van der Waals surface area contributed by atoms with Crippen LogP contribution in [0.4, 0.5) is 4.39 Å². The molecule has 0 saturated heterocycles. The van der Waals surface area contributed by atoms with Crippen molar-refractivity contribution in [2.24, 2.45) is 0 Å². The third kappa shape index (κ3) is 2.50. The molecular formula is C10H6FNO. The van der Waals surface area contributed by atoms with E-state index in [4.69, 9.17) is 10.4 Å². The second-order valence-corrected chi connectivity index (χ2v) is 2.30. The van der Waals surface area contributed by atoms with E-state index in [1.807, 2.05) is 6.07 Å². The van der Waals surface area contributed by atoms with E-state index in [1.54, 1.807) is 0 Å². The molecule has 0 amide bonds. The summed E-state index contributed by atoms with van der Waals surface area (Å²) in [4.78, 5) is 0. The van der Waals surface area contributed by atoms with Crippen molar-refractivity contribution >= 4 is 0 Å². The maximum absolute atomic E-state index is 12.7. The van der Waals surface area contributed by atoms with Crippen molar-refractivity contribution in [1.29, 1.82) is 5.26 Å². The fourth-order valence-corrected chi connectivity index (χ4v) is 0.770. The second kappa shape index (κ2) is 4.13. The first-order valence-electron chi connectivity index (χ1n) is 3.58. The fraction of sp³-hybridized carbons (Fsp3) is 0.100. The number of benzene rings is 1. The zero-order valence-corrected chi connectivity index (χ0v) is 6.71. The largest absolute Gasteiger partial charge is 0.505 e. The number of hydrogen-bond donors (Lipinski definition) is 1. The minimum atomic E-state index is -0.705. The zero-order valence-electron chi connectivity index (χ0n) is 6.71. The summed E-state index contributed by atoms with van der Waals surface area (Å²) < 4.78 is 12.7. The molecular weight excluding hydrogens is 169 g/mol. The van der Waals surface area contributed by atoms with Gasteiger partial charge in [-0.1, -0.05) is 11.8 Å². The number of halogens is 1. The molecule has 0 spiro atoms. The number of nitrogens with zero attached hydrogens (tertiary/aromatic N) is 1. The molecule has 0 radical (unpaired) electrons. The van der Waals surface area contributed by atoms with Gasteiger partial charge in [0.2, 0.25) is 0 Å². The molecule has 0 atom stereocenters. The molecule has 0 aliphatic heterocycles. The van der Waals surface area contributed by atoms with Crippen LogP contribution >= 0.6 is 0 Å². The average molecular weight is 175 g/mol. The lowest BCUT2D eigenvalue weighted by Crippen LogP contribution is -1.79. The van der Waals surface area contributed by atoms with Crippen LogP contribution in [0.2, 0.25) is 0 Å². The van der Waals surface area contributed by atoms with Crippen LogP contribution < -0.4 is 0 Å². The van der Waals surface area contributed by atoms with Crippen molar-refractivity contribution in [3.8, 4) is 23.7 Å². The van der Waals surface area contributed by atoms with Crippen LogP contribution in [0.25, 0.3) is 0 Å². The van der Waals surface area contributed by atoms with E-state index in [2.05, 4.69) is 11.8 Å². The van der Waals surface area contributed by atoms with Gasteiger partial charge in [0.1, 0.15) is 0 Å². The summed E-state index contributed by atoms with van der Waals surface area (Å²) in [6.45, 7) is 0. The topological polar surface area (TPSA) is 44.0 Å². The Morgan fingerprint density at radius 3 is 2.85 bits per heavy atom. The van der Waals surface area contributed by atoms with Crippen molar-refractivity contribution in [2.75, 3.05) is 0 Å². The van der Waals surface area contributed by atoms with Gasteiger partial charge in [-0.3, -0.25) is 0 Å². The standard InChI is InChI=1S/C10H6FNO/c11-9-7-8(3-1-2-6-12)4-5-10(9)13/h4-5,7,13H,2H2. The molecule has 2 nitrogen and oxygen atoms in total. The lowest BCUT2D eigenvalue weighted by molar-refractivity contribution is 0.432. The van der Waals surface area contributed by atoms with Gasteiger partial charge in [-0.2, -0.15) is 5.26 Å². The molecule has 0 aliphatic carbocycles. The normalized spacial score (nSPS) is 8.31. The van der Waals surface area contributed by atoms with Gasteiger partial charge in [0, 0.05) is 5.56 Å². The number of rotatable bonds is 0. The first-order valence-corrected chi connectivity index (χ1v) is 3.58. The lowest BCUT2D eigenvalue weighted by atomic mass is 10.2. The predicted molar refractivity (Wildman–Crippen MR) is 45.2 cm³/mol. The Balaban J connectivity index is 2.89. The highest BCUT2D eigenvalue weighted by Gasteiger charge is 1.98. The van der Waals surface area contributed by atoms with Crippen molar-refractivity contribution in [3.63, 3.8) is 0 Å². The molecule has 0 bridgehead atoms. The molecule has 64 valence electrons. The minimum Gasteiger partial charge on any atom is -0.505 e. The van der Waals surface area contributed by atoms with Gasteiger partial charge in [-0.25, -0.2) is 4.39 Å². The van der Waals surface area contributed by atoms with Crippen LogP contribution in [0.5, 0.6) is 5.75 Å². The Labute approximate surface area is 75.2 Å². The highest BCUT2D eigenvalue weighted by Crippen LogP contribution is 2.15. The average Bonchev–Trinajstić information content (AvgIpc) is 2.12. The van der Waals surface area contributed by atoms with Gasteiger partial charge in [0.05, 0.1) is 12.5 Å². The Morgan fingerprint density at radius 2 is 2.23 bits per heavy atom. The van der Waals surface area contributed by atoms with Crippen LogP contribution in [-0.4, -0.2) is 5.11 Å². The lowest BCUT2D eigenvalue weighted by Gasteiger charge is -1.93. The third-order valence-corrected chi connectivity index (χ3v) is 1.35. The van der Waals surface area contributed by atoms with Crippen LogP contribution in [0, 0.1) is 29.0 Å². The summed E-state index contributed by atoms with van der Waals surface area (Å²) in [5.74, 6) is 4.03. The molecule has 1 rings (SSSR count).